The van der Waals surface area contributed by atoms with Crippen LogP contribution >= 0.6 is 0 Å². The number of hydrogen-bond acceptors (Lipinski definition) is 4. The third kappa shape index (κ3) is 3.18. The molecular weight excluding hydrogens is 252 g/mol. The van der Waals surface area contributed by atoms with Crippen LogP contribution in [-0.4, -0.2) is 22.9 Å². The van der Waals surface area contributed by atoms with Gasteiger partial charge in [-0.15, -0.1) is 0 Å². The van der Waals surface area contributed by atoms with Crippen LogP contribution in [0.25, 0.3) is 0 Å². The molecule has 0 radical (unpaired) electrons. The molecular formula is C15H14N4O. The molecule has 0 unspecified atom stereocenters. The molecule has 0 aliphatic heterocycles. The fourth-order valence-corrected chi connectivity index (χ4v) is 1.70. The van der Waals surface area contributed by atoms with Gasteiger partial charge in [0.15, 0.2) is 0 Å². The molecule has 0 aromatic carbocycles. The first-order valence-corrected chi connectivity index (χ1v) is 6.14. The maximum Gasteiger partial charge on any atom is 0.232 e. The molecule has 0 saturated carbocycles. The van der Waals surface area contributed by atoms with Gasteiger partial charge in [0.1, 0.15) is 5.82 Å². The molecule has 0 atom stereocenters. The lowest BCUT2D eigenvalue weighted by atomic mass is 10.2. The standard InChI is InChI=1S/C15H14N4O/c1-11-3-4-13(10-18-11)8-15(20)19(2)14-7-12(9-16)5-6-17-14/h3-7,10H,8H2,1-2H3. The minimum Gasteiger partial charge on any atom is -0.300 e. The highest BCUT2D eigenvalue weighted by Crippen LogP contribution is 2.12. The molecule has 0 N–H and O–H groups in total. The van der Waals surface area contributed by atoms with E-state index in [2.05, 4.69) is 9.97 Å². The highest BCUT2D eigenvalue weighted by Gasteiger charge is 2.13. The molecule has 0 bridgehead atoms. The van der Waals surface area contributed by atoms with Crippen LogP contribution in [0.3, 0.4) is 0 Å². The van der Waals surface area contributed by atoms with Gasteiger partial charge < -0.3 is 0 Å². The number of carbonyl (C=O) groups excluding carboxylic acids is 1. The Bertz CT molecular complexity index is 658. The summed E-state index contributed by atoms with van der Waals surface area (Å²) in [5.74, 6) is 0.368. The Morgan fingerprint density at radius 2 is 2.15 bits per heavy atom. The van der Waals surface area contributed by atoms with E-state index in [4.69, 9.17) is 5.26 Å². The second kappa shape index (κ2) is 5.93. The summed E-state index contributed by atoms with van der Waals surface area (Å²) in [6, 6.07) is 8.97. The van der Waals surface area contributed by atoms with E-state index < -0.39 is 0 Å². The number of nitriles is 1. The maximum atomic E-state index is 12.2. The average molecular weight is 266 g/mol. The lowest BCUT2D eigenvalue weighted by molar-refractivity contribution is -0.117. The van der Waals surface area contributed by atoms with Gasteiger partial charge in [0.2, 0.25) is 5.91 Å². The zero-order chi connectivity index (χ0) is 14.5. The van der Waals surface area contributed by atoms with Crippen LogP contribution in [0, 0.1) is 18.3 Å². The van der Waals surface area contributed by atoms with Crippen molar-refractivity contribution in [3.8, 4) is 6.07 Å². The Morgan fingerprint density at radius 3 is 2.80 bits per heavy atom. The number of aryl methyl sites for hydroxylation is 1. The number of rotatable bonds is 3. The summed E-state index contributed by atoms with van der Waals surface area (Å²) in [5.41, 5.74) is 2.24. The van der Waals surface area contributed by atoms with E-state index in [1.165, 1.54) is 11.1 Å². The SMILES string of the molecule is Cc1ccc(CC(=O)N(C)c2cc(C#N)ccn2)cn1. The average Bonchev–Trinajstić information content (AvgIpc) is 2.48. The quantitative estimate of drug-likeness (QED) is 0.850. The second-order valence-electron chi connectivity index (χ2n) is 4.45. The number of pyridine rings is 2. The van der Waals surface area contributed by atoms with Gasteiger partial charge in [-0.05, 0) is 30.7 Å². The highest BCUT2D eigenvalue weighted by atomic mass is 16.2. The molecule has 5 heteroatoms. The molecule has 2 aromatic heterocycles. The van der Waals surface area contributed by atoms with Gasteiger partial charge in [0.25, 0.3) is 0 Å². The van der Waals surface area contributed by atoms with Crippen molar-refractivity contribution in [1.29, 1.82) is 5.26 Å². The minimum atomic E-state index is -0.0988. The number of hydrogen-bond donors (Lipinski definition) is 0. The van der Waals surface area contributed by atoms with Crippen LogP contribution < -0.4 is 4.90 Å². The van der Waals surface area contributed by atoms with Gasteiger partial charge in [-0.3, -0.25) is 14.7 Å². The lowest BCUT2D eigenvalue weighted by Crippen LogP contribution is -2.28. The summed E-state index contributed by atoms with van der Waals surface area (Å²) in [5, 5.41) is 8.85. The summed E-state index contributed by atoms with van der Waals surface area (Å²) < 4.78 is 0. The molecule has 2 aromatic rings. The predicted molar refractivity (Wildman–Crippen MR) is 75.0 cm³/mol. The molecule has 0 saturated heterocycles. The number of aromatic nitrogens is 2. The third-order valence-electron chi connectivity index (χ3n) is 2.92. The molecule has 20 heavy (non-hydrogen) atoms. The van der Waals surface area contributed by atoms with Crippen LogP contribution in [0.1, 0.15) is 16.8 Å². The Balaban J connectivity index is 2.12. The maximum absolute atomic E-state index is 12.2. The Kier molecular flexibility index (Phi) is 4.06. The molecule has 0 spiro atoms. The topological polar surface area (TPSA) is 69.9 Å². The van der Waals surface area contributed by atoms with E-state index in [1.807, 2.05) is 25.1 Å². The minimum absolute atomic E-state index is 0.0988. The van der Waals surface area contributed by atoms with Gasteiger partial charge in [0.05, 0.1) is 18.1 Å². The molecule has 2 heterocycles. The molecule has 2 rings (SSSR count). The van der Waals surface area contributed by atoms with E-state index in [-0.39, 0.29) is 12.3 Å². The van der Waals surface area contributed by atoms with Gasteiger partial charge >= 0.3 is 0 Å². The summed E-state index contributed by atoms with van der Waals surface area (Å²) in [6.07, 6.45) is 3.47. The summed E-state index contributed by atoms with van der Waals surface area (Å²) >= 11 is 0. The molecule has 0 fully saturated rings. The smallest absolute Gasteiger partial charge is 0.232 e. The van der Waals surface area contributed by atoms with Gasteiger partial charge in [-0.25, -0.2) is 4.98 Å². The van der Waals surface area contributed by atoms with Gasteiger partial charge in [-0.1, -0.05) is 6.07 Å². The lowest BCUT2D eigenvalue weighted by Gasteiger charge is -2.16. The van der Waals surface area contributed by atoms with Crippen molar-refractivity contribution in [3.63, 3.8) is 0 Å². The summed E-state index contributed by atoms with van der Waals surface area (Å²) in [4.78, 5) is 21.9. The number of amides is 1. The highest BCUT2D eigenvalue weighted by molar-refractivity contribution is 5.93. The first kappa shape index (κ1) is 13.7. The third-order valence-corrected chi connectivity index (χ3v) is 2.92. The normalized spacial score (nSPS) is 9.85. The van der Waals surface area contributed by atoms with Crippen molar-refractivity contribution in [2.75, 3.05) is 11.9 Å². The van der Waals surface area contributed by atoms with Crippen molar-refractivity contribution in [1.82, 2.24) is 9.97 Å². The Labute approximate surface area is 117 Å². The first-order chi connectivity index (χ1) is 9.60. The monoisotopic (exact) mass is 266 g/mol. The molecule has 5 nitrogen and oxygen atoms in total. The second-order valence-corrected chi connectivity index (χ2v) is 4.45. The van der Waals surface area contributed by atoms with Crippen LogP contribution in [0.15, 0.2) is 36.7 Å². The summed E-state index contributed by atoms with van der Waals surface area (Å²) in [7, 11) is 1.65. The van der Waals surface area contributed by atoms with Crippen LogP contribution in [-0.2, 0) is 11.2 Å². The first-order valence-electron chi connectivity index (χ1n) is 6.14. The number of anilines is 1. The molecule has 0 aliphatic carbocycles. The van der Waals surface area contributed by atoms with Crippen molar-refractivity contribution in [3.05, 3.63) is 53.5 Å². The zero-order valence-electron chi connectivity index (χ0n) is 11.4. The summed E-state index contributed by atoms with van der Waals surface area (Å²) in [6.45, 7) is 1.90. The number of carbonyl (C=O) groups is 1. The van der Waals surface area contributed by atoms with Crippen molar-refractivity contribution in [2.24, 2.45) is 0 Å². The van der Waals surface area contributed by atoms with E-state index >= 15 is 0 Å². The largest absolute Gasteiger partial charge is 0.300 e. The Morgan fingerprint density at radius 1 is 1.35 bits per heavy atom. The van der Waals surface area contributed by atoms with E-state index in [1.54, 1.807) is 25.4 Å². The van der Waals surface area contributed by atoms with E-state index in [0.717, 1.165) is 11.3 Å². The van der Waals surface area contributed by atoms with Crippen molar-refractivity contribution in [2.45, 2.75) is 13.3 Å². The van der Waals surface area contributed by atoms with Crippen molar-refractivity contribution >= 4 is 11.7 Å². The fraction of sp³-hybridized carbons (Fsp3) is 0.200. The van der Waals surface area contributed by atoms with Crippen LogP contribution in [0.4, 0.5) is 5.82 Å². The fourth-order valence-electron chi connectivity index (χ4n) is 1.70. The van der Waals surface area contributed by atoms with Crippen LogP contribution in [0.5, 0.6) is 0 Å². The molecule has 100 valence electrons. The van der Waals surface area contributed by atoms with Crippen molar-refractivity contribution < 1.29 is 4.79 Å². The zero-order valence-corrected chi connectivity index (χ0v) is 11.4. The van der Waals surface area contributed by atoms with E-state index in [0.29, 0.717) is 11.4 Å². The van der Waals surface area contributed by atoms with Gasteiger partial charge in [0, 0.05) is 25.1 Å². The van der Waals surface area contributed by atoms with Gasteiger partial charge in [-0.2, -0.15) is 5.26 Å². The number of nitrogens with zero attached hydrogens (tertiary/aromatic N) is 4. The predicted octanol–water partition coefficient (Wildman–Crippen LogP) is 1.86. The molecule has 0 aliphatic rings. The Hall–Kier alpha value is -2.74. The van der Waals surface area contributed by atoms with Crippen LogP contribution in [0.2, 0.25) is 0 Å². The number of likely N-dealkylation sites (N-methyl/N-ethyl adjacent to an activating group) is 1. The van der Waals surface area contributed by atoms with E-state index in [9.17, 15) is 4.79 Å². The molecule has 1 amide bonds.